The molecule has 2 unspecified atom stereocenters. The van der Waals surface area contributed by atoms with Crippen LogP contribution in [0.2, 0.25) is 0 Å². The Hall–Kier alpha value is -2.56. The molecule has 1 aliphatic carbocycles. The van der Waals surface area contributed by atoms with Crippen molar-refractivity contribution < 1.29 is 0 Å². The van der Waals surface area contributed by atoms with E-state index in [1.54, 1.807) is 0 Å². The molecule has 4 heteroatoms. The third kappa shape index (κ3) is 5.69. The maximum absolute atomic E-state index is 6.27. The molecule has 0 saturated heterocycles. The summed E-state index contributed by atoms with van der Waals surface area (Å²) in [4.78, 5) is 5.51. The van der Waals surface area contributed by atoms with Crippen LogP contribution in [-0.2, 0) is 19.4 Å². The second-order valence-electron chi connectivity index (χ2n) is 9.05. The number of hydrogen-bond donors (Lipinski definition) is 3. The van der Waals surface area contributed by atoms with Gasteiger partial charge in [-0.2, -0.15) is 0 Å². The van der Waals surface area contributed by atoms with Gasteiger partial charge < -0.3 is 11.1 Å². The van der Waals surface area contributed by atoms with Crippen molar-refractivity contribution in [2.24, 2.45) is 10.7 Å². The van der Waals surface area contributed by atoms with Gasteiger partial charge in [-0.1, -0.05) is 68.8 Å². The first-order valence-corrected chi connectivity index (χ1v) is 12.6. The van der Waals surface area contributed by atoms with Gasteiger partial charge in [0.2, 0.25) is 0 Å². The number of thiol groups is 1. The van der Waals surface area contributed by atoms with E-state index in [9.17, 15) is 0 Å². The van der Waals surface area contributed by atoms with Crippen LogP contribution in [0.15, 0.2) is 76.6 Å². The van der Waals surface area contributed by atoms with Crippen LogP contribution in [0.25, 0.3) is 0 Å². The predicted molar refractivity (Wildman–Crippen MR) is 143 cm³/mol. The van der Waals surface area contributed by atoms with Crippen molar-refractivity contribution in [3.8, 4) is 0 Å². The van der Waals surface area contributed by atoms with Crippen LogP contribution in [0.4, 0.5) is 5.69 Å². The van der Waals surface area contributed by atoms with Gasteiger partial charge in [0.25, 0.3) is 0 Å². The monoisotopic (exact) mass is 457 g/mol. The first-order chi connectivity index (χ1) is 16.1. The zero-order valence-electron chi connectivity index (χ0n) is 19.7. The molecule has 0 fully saturated rings. The fourth-order valence-corrected chi connectivity index (χ4v) is 5.26. The highest BCUT2D eigenvalue weighted by atomic mass is 32.1. The van der Waals surface area contributed by atoms with Gasteiger partial charge in [-0.15, -0.1) is 12.6 Å². The van der Waals surface area contributed by atoms with E-state index >= 15 is 0 Å². The number of rotatable bonds is 9. The number of nitrogens with one attached hydrogen (secondary N) is 1. The van der Waals surface area contributed by atoms with Crippen molar-refractivity contribution in [2.45, 2.75) is 69.4 Å². The van der Waals surface area contributed by atoms with Crippen molar-refractivity contribution >= 4 is 24.2 Å². The molecule has 172 valence electrons. The fraction of sp³-hybridized carbons (Fsp3) is 0.345. The Morgan fingerprint density at radius 2 is 1.79 bits per heavy atom. The van der Waals surface area contributed by atoms with E-state index < -0.39 is 0 Å². The Morgan fingerprint density at radius 3 is 2.58 bits per heavy atom. The Bertz CT molecular complexity index is 1120. The van der Waals surface area contributed by atoms with E-state index in [0.29, 0.717) is 17.8 Å². The van der Waals surface area contributed by atoms with Gasteiger partial charge in [0.15, 0.2) is 0 Å². The Kier molecular flexibility index (Phi) is 7.89. The summed E-state index contributed by atoms with van der Waals surface area (Å²) < 4.78 is 0. The number of aliphatic imine (C=N–C) groups is 1. The standard InChI is InChI=1S/C29H35N3S/c1-3-9-20(4-2)26-11-6-5-10-22(26)19-31-25-16-21-14-15-24(17-23(21)18-25)32-29(30)27-12-7-8-13-28(27)33/h5-8,10-15,17,20,25,31,33H,3-4,9,16,18-19H2,1-2H3,(H2,30,32). The van der Waals surface area contributed by atoms with E-state index in [-0.39, 0.29) is 0 Å². The molecule has 2 atom stereocenters. The van der Waals surface area contributed by atoms with Crippen molar-refractivity contribution in [3.05, 3.63) is 94.5 Å². The molecule has 3 N–H and O–H groups in total. The maximum atomic E-state index is 6.27. The number of nitrogens with two attached hydrogens (primary N) is 1. The zero-order chi connectivity index (χ0) is 23.2. The molecular weight excluding hydrogens is 422 g/mol. The summed E-state index contributed by atoms with van der Waals surface area (Å²) in [5, 5.41) is 3.83. The molecule has 3 nitrogen and oxygen atoms in total. The smallest absolute Gasteiger partial charge is 0.132 e. The van der Waals surface area contributed by atoms with Gasteiger partial charge >= 0.3 is 0 Å². The highest BCUT2D eigenvalue weighted by molar-refractivity contribution is 7.80. The molecule has 0 aliphatic heterocycles. The van der Waals surface area contributed by atoms with Crippen LogP contribution < -0.4 is 11.1 Å². The van der Waals surface area contributed by atoms with Gasteiger partial charge in [0.1, 0.15) is 5.84 Å². The Balaban J connectivity index is 1.43. The van der Waals surface area contributed by atoms with Gasteiger partial charge in [0, 0.05) is 23.0 Å². The third-order valence-electron chi connectivity index (χ3n) is 6.76. The van der Waals surface area contributed by atoms with E-state index in [1.165, 1.54) is 41.5 Å². The van der Waals surface area contributed by atoms with E-state index in [4.69, 9.17) is 5.73 Å². The third-order valence-corrected chi connectivity index (χ3v) is 7.15. The first-order valence-electron chi connectivity index (χ1n) is 12.1. The average Bonchev–Trinajstić information content (AvgIpc) is 3.24. The summed E-state index contributed by atoms with van der Waals surface area (Å²) in [6, 6.07) is 23.7. The van der Waals surface area contributed by atoms with Crippen LogP contribution in [0.3, 0.4) is 0 Å². The van der Waals surface area contributed by atoms with Gasteiger partial charge in [-0.05, 0) is 72.1 Å². The average molecular weight is 458 g/mol. The van der Waals surface area contributed by atoms with E-state index in [1.807, 2.05) is 24.3 Å². The van der Waals surface area contributed by atoms with Crippen molar-refractivity contribution in [2.75, 3.05) is 0 Å². The molecule has 0 bridgehead atoms. The van der Waals surface area contributed by atoms with Crippen molar-refractivity contribution in [1.82, 2.24) is 5.32 Å². The predicted octanol–water partition coefficient (Wildman–Crippen LogP) is 6.56. The Labute approximate surface area is 203 Å². The highest BCUT2D eigenvalue weighted by Gasteiger charge is 2.22. The molecule has 4 rings (SSSR count). The van der Waals surface area contributed by atoms with E-state index in [2.05, 4.69) is 79.3 Å². The quantitative estimate of drug-likeness (QED) is 0.193. The fourth-order valence-electron chi connectivity index (χ4n) is 4.98. The number of benzene rings is 3. The van der Waals surface area contributed by atoms with Crippen molar-refractivity contribution in [1.29, 1.82) is 0 Å². The summed E-state index contributed by atoms with van der Waals surface area (Å²) >= 11 is 4.50. The minimum atomic E-state index is 0.453. The minimum absolute atomic E-state index is 0.453. The molecule has 3 aromatic carbocycles. The van der Waals surface area contributed by atoms with Gasteiger partial charge in [0.05, 0.1) is 5.69 Å². The van der Waals surface area contributed by atoms with Crippen LogP contribution in [-0.4, -0.2) is 11.9 Å². The molecule has 0 radical (unpaired) electrons. The van der Waals surface area contributed by atoms with Crippen LogP contribution in [0.1, 0.15) is 66.8 Å². The van der Waals surface area contributed by atoms with Crippen LogP contribution in [0.5, 0.6) is 0 Å². The molecule has 0 aromatic heterocycles. The minimum Gasteiger partial charge on any atom is -0.383 e. The zero-order valence-corrected chi connectivity index (χ0v) is 20.6. The van der Waals surface area contributed by atoms with Crippen LogP contribution >= 0.6 is 12.6 Å². The van der Waals surface area contributed by atoms with Gasteiger partial charge in [-0.3, -0.25) is 0 Å². The molecule has 0 saturated carbocycles. The number of hydrogen-bond acceptors (Lipinski definition) is 3. The molecule has 33 heavy (non-hydrogen) atoms. The maximum Gasteiger partial charge on any atom is 0.132 e. The summed E-state index contributed by atoms with van der Waals surface area (Å²) in [5.74, 6) is 1.16. The van der Waals surface area contributed by atoms with Crippen LogP contribution in [0, 0.1) is 0 Å². The second kappa shape index (κ2) is 11.0. The molecule has 1 aliphatic rings. The molecule has 0 amide bonds. The highest BCUT2D eigenvalue weighted by Crippen LogP contribution is 2.30. The molecule has 0 spiro atoms. The molecule has 3 aromatic rings. The summed E-state index contributed by atoms with van der Waals surface area (Å²) in [6.45, 7) is 5.51. The van der Waals surface area contributed by atoms with Gasteiger partial charge in [-0.25, -0.2) is 4.99 Å². The SMILES string of the molecule is CCCC(CC)c1ccccc1CNC1Cc2ccc(N=C(N)c3ccccc3S)cc2C1. The number of nitrogens with zero attached hydrogens (tertiary/aromatic N) is 1. The number of amidine groups is 1. The first kappa shape index (κ1) is 23.6. The Morgan fingerprint density at radius 1 is 1.03 bits per heavy atom. The lowest BCUT2D eigenvalue weighted by atomic mass is 9.88. The van der Waals surface area contributed by atoms with E-state index in [0.717, 1.165) is 35.5 Å². The normalized spacial score (nSPS) is 16.6. The lowest BCUT2D eigenvalue weighted by Gasteiger charge is -2.20. The summed E-state index contributed by atoms with van der Waals surface area (Å²) in [5.41, 5.74) is 13.8. The summed E-state index contributed by atoms with van der Waals surface area (Å²) in [6.07, 6.45) is 5.77. The largest absolute Gasteiger partial charge is 0.383 e. The number of fused-ring (bicyclic) bond motifs is 1. The topological polar surface area (TPSA) is 50.4 Å². The lowest BCUT2D eigenvalue weighted by molar-refractivity contribution is 0.524. The second-order valence-corrected chi connectivity index (χ2v) is 9.53. The molecular formula is C29H35N3S. The van der Waals surface area contributed by atoms with Crippen molar-refractivity contribution in [3.63, 3.8) is 0 Å². The lowest BCUT2D eigenvalue weighted by Crippen LogP contribution is -2.29. The molecule has 0 heterocycles. The summed E-state index contributed by atoms with van der Waals surface area (Å²) in [7, 11) is 0.